The van der Waals surface area contributed by atoms with Gasteiger partial charge in [0.2, 0.25) is 5.75 Å². The molecule has 0 spiro atoms. The van der Waals surface area contributed by atoms with Gasteiger partial charge in [0.05, 0.1) is 18.6 Å². The lowest BCUT2D eigenvalue weighted by Gasteiger charge is -2.21. The number of ether oxygens (including phenoxy) is 3. The van der Waals surface area contributed by atoms with E-state index >= 15 is 0 Å². The van der Waals surface area contributed by atoms with E-state index in [9.17, 15) is 13.2 Å². The third kappa shape index (κ3) is 3.52. The number of fused-ring (bicyclic) bond motifs is 1. The average Bonchev–Trinajstić information content (AvgIpc) is 2.90. The molecule has 3 rings (SSSR count). The highest BCUT2D eigenvalue weighted by Crippen LogP contribution is 2.40. The van der Waals surface area contributed by atoms with Crippen molar-refractivity contribution in [2.45, 2.75) is 6.42 Å². The highest BCUT2D eigenvalue weighted by atomic mass is 32.2. The number of hydrogen-bond acceptors (Lipinski definition) is 6. The van der Waals surface area contributed by atoms with Crippen LogP contribution in [0.25, 0.3) is 0 Å². The number of benzene rings is 1. The maximum Gasteiger partial charge on any atom is 0.251 e. The molecule has 0 aliphatic carbocycles. The van der Waals surface area contributed by atoms with Gasteiger partial charge in [-0.1, -0.05) is 0 Å². The van der Waals surface area contributed by atoms with Crippen LogP contribution in [0.5, 0.6) is 17.2 Å². The molecule has 2 aliphatic heterocycles. The predicted molar refractivity (Wildman–Crippen MR) is 83.1 cm³/mol. The van der Waals surface area contributed by atoms with Gasteiger partial charge in [0.1, 0.15) is 13.2 Å². The first-order valence-corrected chi connectivity index (χ1v) is 9.27. The lowest BCUT2D eigenvalue weighted by atomic mass is 10.1. The summed E-state index contributed by atoms with van der Waals surface area (Å²) in [7, 11) is -1.44. The van der Waals surface area contributed by atoms with Crippen molar-refractivity contribution in [1.82, 2.24) is 5.32 Å². The molecule has 1 aromatic carbocycles. The molecule has 0 bridgehead atoms. The number of rotatable bonds is 4. The Kier molecular flexibility index (Phi) is 4.34. The molecule has 1 N–H and O–H groups in total. The van der Waals surface area contributed by atoms with E-state index in [2.05, 4.69) is 5.32 Å². The second-order valence-electron chi connectivity index (χ2n) is 5.68. The number of hydrogen-bond donors (Lipinski definition) is 1. The molecular weight excluding hydrogens is 322 g/mol. The standard InChI is InChI=1S/C15H19NO6S/c1-20-12-6-11(7-13-14(12)22-4-3-21-13)15(17)16-8-10-2-5-23(18,19)9-10/h6-7,10H,2-5,8-9H2,1H3,(H,16,17)/t10-/m1/s1. The van der Waals surface area contributed by atoms with E-state index in [-0.39, 0.29) is 23.3 Å². The van der Waals surface area contributed by atoms with Crippen LogP contribution in [-0.4, -0.2) is 52.7 Å². The Balaban J connectivity index is 1.70. The van der Waals surface area contributed by atoms with Crippen LogP contribution in [0.15, 0.2) is 12.1 Å². The van der Waals surface area contributed by atoms with Gasteiger partial charge in [-0.15, -0.1) is 0 Å². The van der Waals surface area contributed by atoms with Gasteiger partial charge >= 0.3 is 0 Å². The molecular formula is C15H19NO6S. The largest absolute Gasteiger partial charge is 0.493 e. The van der Waals surface area contributed by atoms with Crippen molar-refractivity contribution in [3.63, 3.8) is 0 Å². The predicted octanol–water partition coefficient (Wildman–Crippen LogP) is 0.631. The third-order valence-electron chi connectivity index (χ3n) is 3.97. The summed E-state index contributed by atoms with van der Waals surface area (Å²) in [4.78, 5) is 12.3. The Bertz CT molecular complexity index is 698. The van der Waals surface area contributed by atoms with Crippen LogP contribution < -0.4 is 19.5 Å². The molecule has 0 unspecified atom stereocenters. The highest BCUT2D eigenvalue weighted by Gasteiger charge is 2.28. The van der Waals surface area contributed by atoms with Gasteiger partial charge in [0.15, 0.2) is 21.3 Å². The van der Waals surface area contributed by atoms with Crippen LogP contribution in [-0.2, 0) is 9.84 Å². The Labute approximate surface area is 134 Å². The molecule has 0 aromatic heterocycles. The zero-order chi connectivity index (χ0) is 16.4. The quantitative estimate of drug-likeness (QED) is 0.864. The zero-order valence-electron chi connectivity index (χ0n) is 12.8. The average molecular weight is 341 g/mol. The normalized spacial score (nSPS) is 21.7. The van der Waals surface area contributed by atoms with E-state index in [1.807, 2.05) is 0 Å². The summed E-state index contributed by atoms with van der Waals surface area (Å²) in [6, 6.07) is 3.20. The molecule has 1 aromatic rings. The number of nitrogens with one attached hydrogen (secondary N) is 1. The minimum absolute atomic E-state index is 0.0249. The zero-order valence-corrected chi connectivity index (χ0v) is 13.6. The van der Waals surface area contributed by atoms with Crippen molar-refractivity contribution in [3.8, 4) is 17.2 Å². The van der Waals surface area contributed by atoms with Gasteiger partial charge in [-0.3, -0.25) is 4.79 Å². The second-order valence-corrected chi connectivity index (χ2v) is 7.91. The fourth-order valence-corrected chi connectivity index (χ4v) is 4.64. The Hall–Kier alpha value is -1.96. The number of methoxy groups -OCH3 is 1. The molecule has 0 radical (unpaired) electrons. The van der Waals surface area contributed by atoms with Crippen molar-refractivity contribution in [2.75, 3.05) is 38.4 Å². The van der Waals surface area contributed by atoms with Gasteiger partial charge in [-0.05, 0) is 24.5 Å². The topological polar surface area (TPSA) is 90.9 Å². The summed E-state index contributed by atoms with van der Waals surface area (Å²) in [6.45, 7) is 1.20. The van der Waals surface area contributed by atoms with E-state index in [4.69, 9.17) is 14.2 Å². The molecule has 0 saturated carbocycles. The summed E-state index contributed by atoms with van der Waals surface area (Å²) in [5, 5.41) is 2.78. The molecule has 126 valence electrons. The molecule has 2 aliphatic rings. The summed E-state index contributed by atoms with van der Waals surface area (Å²) in [5.74, 6) is 1.44. The minimum atomic E-state index is -2.94. The molecule has 7 nitrogen and oxygen atoms in total. The molecule has 1 amide bonds. The first-order chi connectivity index (χ1) is 11.0. The van der Waals surface area contributed by atoms with Crippen molar-refractivity contribution in [2.24, 2.45) is 5.92 Å². The minimum Gasteiger partial charge on any atom is -0.493 e. The van der Waals surface area contributed by atoms with Gasteiger partial charge < -0.3 is 19.5 Å². The highest BCUT2D eigenvalue weighted by molar-refractivity contribution is 7.91. The summed E-state index contributed by atoms with van der Waals surface area (Å²) < 4.78 is 39.1. The maximum atomic E-state index is 12.3. The van der Waals surface area contributed by atoms with Gasteiger partial charge in [0.25, 0.3) is 5.91 Å². The lowest BCUT2D eigenvalue weighted by Crippen LogP contribution is -2.30. The SMILES string of the molecule is COc1cc(C(=O)NC[C@H]2CCS(=O)(=O)C2)cc2c1OCCO2. The summed E-state index contributed by atoms with van der Waals surface area (Å²) in [6.07, 6.45) is 0.590. The van der Waals surface area contributed by atoms with Crippen LogP contribution in [0.4, 0.5) is 0 Å². The molecule has 2 heterocycles. The lowest BCUT2D eigenvalue weighted by molar-refractivity contribution is 0.0946. The number of amides is 1. The fourth-order valence-electron chi connectivity index (χ4n) is 2.78. The first kappa shape index (κ1) is 15.9. The van der Waals surface area contributed by atoms with Crippen molar-refractivity contribution < 1.29 is 27.4 Å². The van der Waals surface area contributed by atoms with E-state index < -0.39 is 9.84 Å². The van der Waals surface area contributed by atoms with Gasteiger partial charge in [0, 0.05) is 12.1 Å². The van der Waals surface area contributed by atoms with E-state index in [1.165, 1.54) is 7.11 Å². The molecule has 1 atom stereocenters. The van der Waals surface area contributed by atoms with Gasteiger partial charge in [-0.25, -0.2) is 8.42 Å². The fraction of sp³-hybridized carbons (Fsp3) is 0.533. The number of carbonyl (C=O) groups excluding carboxylic acids is 1. The number of sulfone groups is 1. The molecule has 1 saturated heterocycles. The van der Waals surface area contributed by atoms with Crippen LogP contribution in [0.2, 0.25) is 0 Å². The van der Waals surface area contributed by atoms with E-state index in [0.717, 1.165) is 0 Å². The molecule has 1 fully saturated rings. The van der Waals surface area contributed by atoms with Crippen molar-refractivity contribution in [1.29, 1.82) is 0 Å². The van der Waals surface area contributed by atoms with Crippen LogP contribution >= 0.6 is 0 Å². The first-order valence-electron chi connectivity index (χ1n) is 7.45. The van der Waals surface area contributed by atoms with Crippen LogP contribution in [0.1, 0.15) is 16.8 Å². The third-order valence-corrected chi connectivity index (χ3v) is 5.81. The van der Waals surface area contributed by atoms with Gasteiger partial charge in [-0.2, -0.15) is 0 Å². The molecule has 23 heavy (non-hydrogen) atoms. The monoisotopic (exact) mass is 341 g/mol. The summed E-state index contributed by atoms with van der Waals surface area (Å²) in [5.41, 5.74) is 0.395. The van der Waals surface area contributed by atoms with E-state index in [0.29, 0.717) is 49.0 Å². The molecule has 8 heteroatoms. The van der Waals surface area contributed by atoms with Crippen LogP contribution in [0.3, 0.4) is 0 Å². The Morgan fingerprint density at radius 2 is 2.13 bits per heavy atom. The smallest absolute Gasteiger partial charge is 0.251 e. The summed E-state index contributed by atoms with van der Waals surface area (Å²) >= 11 is 0. The Morgan fingerprint density at radius 1 is 1.35 bits per heavy atom. The maximum absolute atomic E-state index is 12.3. The number of carbonyl (C=O) groups is 1. The van der Waals surface area contributed by atoms with Crippen molar-refractivity contribution in [3.05, 3.63) is 17.7 Å². The van der Waals surface area contributed by atoms with Crippen molar-refractivity contribution >= 4 is 15.7 Å². The Morgan fingerprint density at radius 3 is 2.83 bits per heavy atom. The van der Waals surface area contributed by atoms with E-state index in [1.54, 1.807) is 12.1 Å². The van der Waals surface area contributed by atoms with Crippen LogP contribution in [0, 0.1) is 5.92 Å². The second kappa shape index (κ2) is 6.27.